The van der Waals surface area contributed by atoms with Crippen molar-refractivity contribution < 1.29 is 24.2 Å². The fraction of sp³-hybridized carbons (Fsp3) is 0.107. The van der Waals surface area contributed by atoms with Gasteiger partial charge in [-0.3, -0.25) is 9.59 Å². The molecule has 0 radical (unpaired) electrons. The van der Waals surface area contributed by atoms with Crippen LogP contribution >= 0.6 is 0 Å². The molecule has 178 valence electrons. The fourth-order valence-corrected chi connectivity index (χ4v) is 3.08. The fourth-order valence-electron chi connectivity index (χ4n) is 3.08. The predicted octanol–water partition coefficient (Wildman–Crippen LogP) is 4.98. The third-order valence-corrected chi connectivity index (χ3v) is 4.66. The summed E-state index contributed by atoms with van der Waals surface area (Å²) in [7, 11) is 0. The van der Waals surface area contributed by atoms with Crippen LogP contribution in [-0.2, 0) is 9.59 Å². The zero-order valence-corrected chi connectivity index (χ0v) is 19.4. The molecule has 0 heterocycles. The lowest BCUT2D eigenvalue weighted by atomic mass is 10.1. The summed E-state index contributed by atoms with van der Waals surface area (Å²) < 4.78 is 5.64. The highest BCUT2D eigenvalue weighted by Gasteiger charge is 2.14. The van der Waals surface area contributed by atoms with Gasteiger partial charge in [-0.25, -0.2) is 4.79 Å². The molecule has 0 aliphatic heterocycles. The van der Waals surface area contributed by atoms with Crippen LogP contribution in [0.15, 0.2) is 90.6 Å². The number of carbonyl (C=O) groups excluding carboxylic acids is 2. The maximum atomic E-state index is 13.0. The number of ether oxygens (including phenoxy) is 1. The van der Waals surface area contributed by atoms with Crippen LogP contribution in [-0.4, -0.2) is 29.0 Å². The standard InChI is InChI=1S/C28H26N2O5/c1-19(2)35-24-14-11-21(12-15-24)17-25(30-26(31)16-13-20-7-4-3-5-8-20)27(32)29-23-10-6-9-22(18-23)28(33)34/h3-19H,1-2H3,(H,29,32)(H,30,31)(H,33,34)/b16-13+,25-17-. The molecule has 3 N–H and O–H groups in total. The summed E-state index contributed by atoms with van der Waals surface area (Å²) in [6, 6.07) is 22.2. The number of carboxylic acid groups (broad SMARTS) is 1. The van der Waals surface area contributed by atoms with Gasteiger partial charge in [-0.15, -0.1) is 0 Å². The topological polar surface area (TPSA) is 105 Å². The quantitative estimate of drug-likeness (QED) is 0.383. The summed E-state index contributed by atoms with van der Waals surface area (Å²) in [4.78, 5) is 36.8. The number of nitrogens with one attached hydrogen (secondary N) is 2. The highest BCUT2D eigenvalue weighted by atomic mass is 16.5. The van der Waals surface area contributed by atoms with E-state index in [4.69, 9.17) is 4.74 Å². The lowest BCUT2D eigenvalue weighted by Gasteiger charge is -2.12. The second kappa shape index (κ2) is 12.0. The number of aromatic carboxylic acids is 1. The number of rotatable bonds is 9. The zero-order valence-electron chi connectivity index (χ0n) is 19.4. The zero-order chi connectivity index (χ0) is 25.2. The number of anilines is 1. The molecule has 0 fully saturated rings. The summed E-state index contributed by atoms with van der Waals surface area (Å²) >= 11 is 0. The second-order valence-corrected chi connectivity index (χ2v) is 7.87. The molecule has 0 aromatic heterocycles. The number of amides is 2. The van der Waals surface area contributed by atoms with Gasteiger partial charge in [0.05, 0.1) is 11.7 Å². The van der Waals surface area contributed by atoms with Crippen LogP contribution in [0, 0.1) is 0 Å². The Hall–Kier alpha value is -4.65. The first-order chi connectivity index (χ1) is 16.8. The maximum Gasteiger partial charge on any atom is 0.335 e. The van der Waals surface area contributed by atoms with Gasteiger partial charge in [-0.1, -0.05) is 48.5 Å². The van der Waals surface area contributed by atoms with Crippen molar-refractivity contribution in [3.63, 3.8) is 0 Å². The van der Waals surface area contributed by atoms with Crippen molar-refractivity contribution in [3.05, 3.63) is 107 Å². The first kappa shape index (κ1) is 25.0. The minimum absolute atomic E-state index is 0.00836. The Bertz CT molecular complexity index is 1250. The van der Waals surface area contributed by atoms with Crippen molar-refractivity contribution in [2.45, 2.75) is 20.0 Å². The predicted molar refractivity (Wildman–Crippen MR) is 136 cm³/mol. The van der Waals surface area contributed by atoms with Gasteiger partial charge in [0.25, 0.3) is 5.91 Å². The average molecular weight is 471 g/mol. The molecule has 0 saturated carbocycles. The van der Waals surface area contributed by atoms with E-state index in [1.807, 2.05) is 44.2 Å². The number of carbonyl (C=O) groups is 3. The molecule has 0 spiro atoms. The number of hydrogen-bond donors (Lipinski definition) is 3. The number of carboxylic acids is 1. The van der Waals surface area contributed by atoms with Crippen molar-refractivity contribution in [2.75, 3.05) is 5.32 Å². The number of benzene rings is 3. The van der Waals surface area contributed by atoms with E-state index in [9.17, 15) is 19.5 Å². The average Bonchev–Trinajstić information content (AvgIpc) is 2.84. The van der Waals surface area contributed by atoms with Gasteiger partial charge in [0.1, 0.15) is 11.4 Å². The minimum atomic E-state index is -1.11. The van der Waals surface area contributed by atoms with E-state index in [1.165, 1.54) is 30.4 Å². The summed E-state index contributed by atoms with van der Waals surface area (Å²) in [5.41, 5.74) is 1.81. The van der Waals surface area contributed by atoms with Gasteiger partial charge in [0, 0.05) is 11.8 Å². The Morgan fingerprint density at radius 1 is 0.886 bits per heavy atom. The van der Waals surface area contributed by atoms with E-state index in [2.05, 4.69) is 10.6 Å². The van der Waals surface area contributed by atoms with Crippen molar-refractivity contribution in [1.82, 2.24) is 5.32 Å². The molecule has 0 aliphatic carbocycles. The van der Waals surface area contributed by atoms with E-state index in [-0.39, 0.29) is 23.1 Å². The Balaban J connectivity index is 1.84. The van der Waals surface area contributed by atoms with Crippen molar-refractivity contribution in [3.8, 4) is 5.75 Å². The van der Waals surface area contributed by atoms with Gasteiger partial charge < -0.3 is 20.5 Å². The molecule has 7 nitrogen and oxygen atoms in total. The molecular weight excluding hydrogens is 444 g/mol. The molecule has 7 heteroatoms. The van der Waals surface area contributed by atoms with E-state index < -0.39 is 17.8 Å². The Morgan fingerprint density at radius 2 is 1.60 bits per heavy atom. The lowest BCUT2D eigenvalue weighted by molar-refractivity contribution is -0.118. The highest BCUT2D eigenvalue weighted by molar-refractivity contribution is 6.10. The Labute approximate surface area is 203 Å². The second-order valence-electron chi connectivity index (χ2n) is 7.87. The Morgan fingerprint density at radius 3 is 2.26 bits per heavy atom. The molecule has 3 aromatic carbocycles. The van der Waals surface area contributed by atoms with Gasteiger partial charge in [0.15, 0.2) is 0 Å². The first-order valence-electron chi connectivity index (χ1n) is 11.0. The molecular formula is C28H26N2O5. The van der Waals surface area contributed by atoms with E-state index in [0.29, 0.717) is 11.3 Å². The Kier molecular flexibility index (Phi) is 8.56. The van der Waals surface area contributed by atoms with Gasteiger partial charge >= 0.3 is 5.97 Å². The van der Waals surface area contributed by atoms with Crippen molar-refractivity contribution in [1.29, 1.82) is 0 Å². The van der Waals surface area contributed by atoms with Gasteiger partial charge in [0.2, 0.25) is 5.91 Å². The van der Waals surface area contributed by atoms with Gasteiger partial charge in [-0.2, -0.15) is 0 Å². The van der Waals surface area contributed by atoms with Crippen LogP contribution in [0.5, 0.6) is 5.75 Å². The van der Waals surface area contributed by atoms with Crippen LogP contribution < -0.4 is 15.4 Å². The largest absolute Gasteiger partial charge is 0.491 e. The smallest absolute Gasteiger partial charge is 0.335 e. The molecule has 0 aliphatic rings. The normalized spacial score (nSPS) is 11.3. The van der Waals surface area contributed by atoms with E-state index in [0.717, 1.165) is 5.56 Å². The minimum Gasteiger partial charge on any atom is -0.491 e. The molecule has 3 aromatic rings. The van der Waals surface area contributed by atoms with E-state index in [1.54, 1.807) is 36.4 Å². The van der Waals surface area contributed by atoms with Crippen molar-refractivity contribution in [2.24, 2.45) is 0 Å². The summed E-state index contributed by atoms with van der Waals surface area (Å²) in [5, 5.41) is 14.5. The third-order valence-electron chi connectivity index (χ3n) is 4.66. The molecule has 0 saturated heterocycles. The molecule has 0 bridgehead atoms. The summed E-state index contributed by atoms with van der Waals surface area (Å²) in [6.45, 7) is 3.85. The lowest BCUT2D eigenvalue weighted by Crippen LogP contribution is -2.29. The molecule has 0 atom stereocenters. The van der Waals surface area contributed by atoms with Crippen LogP contribution in [0.25, 0.3) is 12.2 Å². The highest BCUT2D eigenvalue weighted by Crippen LogP contribution is 2.17. The molecule has 2 amide bonds. The van der Waals surface area contributed by atoms with Crippen molar-refractivity contribution >= 4 is 35.6 Å². The van der Waals surface area contributed by atoms with Crippen LogP contribution in [0.1, 0.15) is 35.3 Å². The molecule has 3 rings (SSSR count). The molecule has 35 heavy (non-hydrogen) atoms. The SMILES string of the molecule is CC(C)Oc1ccc(/C=C(\NC(=O)/C=C/c2ccccc2)C(=O)Nc2cccc(C(=O)O)c2)cc1. The third kappa shape index (κ3) is 8.01. The van der Waals surface area contributed by atoms with E-state index >= 15 is 0 Å². The molecule has 0 unspecified atom stereocenters. The van der Waals surface area contributed by atoms with Crippen LogP contribution in [0.4, 0.5) is 5.69 Å². The monoisotopic (exact) mass is 470 g/mol. The van der Waals surface area contributed by atoms with Crippen LogP contribution in [0.2, 0.25) is 0 Å². The maximum absolute atomic E-state index is 13.0. The first-order valence-corrected chi connectivity index (χ1v) is 11.0. The summed E-state index contributed by atoms with van der Waals surface area (Å²) in [5.74, 6) is -1.52. The van der Waals surface area contributed by atoms with Gasteiger partial charge in [-0.05, 0) is 67.5 Å². The van der Waals surface area contributed by atoms with Crippen LogP contribution in [0.3, 0.4) is 0 Å². The number of hydrogen-bond acceptors (Lipinski definition) is 4. The summed E-state index contributed by atoms with van der Waals surface area (Å²) in [6.07, 6.45) is 4.53.